The Morgan fingerprint density at radius 1 is 1.64 bits per heavy atom. The van der Waals surface area contributed by atoms with E-state index in [1.807, 2.05) is 13.8 Å². The van der Waals surface area contributed by atoms with Crippen molar-refractivity contribution in [3.63, 3.8) is 0 Å². The number of aromatic amines is 1. The van der Waals surface area contributed by atoms with Crippen LogP contribution in [-0.4, -0.2) is 16.5 Å². The Hall–Kier alpha value is -1.32. The zero-order chi connectivity index (χ0) is 8.43. The molecule has 1 heterocycles. The highest BCUT2D eigenvalue weighted by Gasteiger charge is 2.11. The molecular weight excluding hydrogens is 142 g/mol. The fourth-order valence-electron chi connectivity index (χ4n) is 0.943. The van der Waals surface area contributed by atoms with Gasteiger partial charge in [0.25, 0.3) is 0 Å². The minimum atomic E-state index is 0.250. The highest BCUT2D eigenvalue weighted by atomic mass is 16.1. The number of hydrogen-bond donors (Lipinski definition) is 2. The molecule has 0 aromatic carbocycles. The van der Waals surface area contributed by atoms with E-state index in [2.05, 4.69) is 10.2 Å². The third kappa shape index (κ3) is 1.24. The number of H-pyrrole nitrogens is 1. The minimum absolute atomic E-state index is 0.250. The van der Waals surface area contributed by atoms with Gasteiger partial charge in [0, 0.05) is 0 Å². The molecule has 60 valence electrons. The summed E-state index contributed by atoms with van der Waals surface area (Å²) in [6.07, 6.45) is 0.730. The van der Waals surface area contributed by atoms with Crippen molar-refractivity contribution < 1.29 is 4.79 Å². The number of nitrogens with two attached hydrogens (primary N) is 1. The summed E-state index contributed by atoms with van der Waals surface area (Å²) in [5.74, 6) is 0.531. The molecule has 3 N–H and O–H groups in total. The molecule has 1 aromatic heterocycles. The van der Waals surface area contributed by atoms with Crippen LogP contribution in [0, 0.1) is 0 Å². The van der Waals surface area contributed by atoms with Gasteiger partial charge in [0.2, 0.25) is 0 Å². The maximum atomic E-state index is 10.5. The standard InChI is InChI=1S/C7H11N3O/c1-4(2)6-5(3-11)7(8)10-9-6/h3-4H,1-2H3,(H3,8,9,10). The van der Waals surface area contributed by atoms with Gasteiger partial charge in [-0.3, -0.25) is 9.89 Å². The van der Waals surface area contributed by atoms with Gasteiger partial charge in [-0.1, -0.05) is 13.8 Å². The lowest BCUT2D eigenvalue weighted by Crippen LogP contribution is -1.95. The van der Waals surface area contributed by atoms with E-state index in [4.69, 9.17) is 5.73 Å². The Morgan fingerprint density at radius 2 is 2.27 bits per heavy atom. The van der Waals surface area contributed by atoms with Crippen molar-refractivity contribution in [2.45, 2.75) is 19.8 Å². The maximum Gasteiger partial charge on any atom is 0.156 e. The Kier molecular flexibility index (Phi) is 1.94. The van der Waals surface area contributed by atoms with Crippen LogP contribution >= 0.6 is 0 Å². The molecule has 4 nitrogen and oxygen atoms in total. The number of carbonyl (C=O) groups is 1. The number of nitrogen functional groups attached to an aromatic ring is 1. The van der Waals surface area contributed by atoms with E-state index < -0.39 is 0 Å². The summed E-state index contributed by atoms with van der Waals surface area (Å²) in [5.41, 5.74) is 6.71. The quantitative estimate of drug-likeness (QED) is 0.621. The van der Waals surface area contributed by atoms with E-state index in [-0.39, 0.29) is 11.7 Å². The summed E-state index contributed by atoms with van der Waals surface area (Å²) in [7, 11) is 0. The van der Waals surface area contributed by atoms with Gasteiger partial charge in [-0.15, -0.1) is 0 Å². The summed E-state index contributed by atoms with van der Waals surface area (Å²) in [6, 6.07) is 0. The number of carbonyl (C=O) groups excluding carboxylic acids is 1. The van der Waals surface area contributed by atoms with Crippen LogP contribution in [0.2, 0.25) is 0 Å². The Bertz CT molecular complexity index is 265. The van der Waals surface area contributed by atoms with E-state index in [1.165, 1.54) is 0 Å². The second kappa shape index (κ2) is 2.74. The zero-order valence-corrected chi connectivity index (χ0v) is 6.59. The molecule has 0 unspecified atom stereocenters. The van der Waals surface area contributed by atoms with E-state index >= 15 is 0 Å². The number of nitrogens with zero attached hydrogens (tertiary/aromatic N) is 1. The molecule has 0 aliphatic rings. The Morgan fingerprint density at radius 3 is 2.64 bits per heavy atom. The summed E-state index contributed by atoms with van der Waals surface area (Å²) in [4.78, 5) is 10.5. The first kappa shape index (κ1) is 7.78. The van der Waals surface area contributed by atoms with Gasteiger partial charge in [-0.25, -0.2) is 0 Å². The van der Waals surface area contributed by atoms with E-state index in [1.54, 1.807) is 0 Å². The van der Waals surface area contributed by atoms with Crippen LogP contribution in [0.5, 0.6) is 0 Å². The summed E-state index contributed by atoms with van der Waals surface area (Å²) in [6.45, 7) is 3.94. The Labute approximate surface area is 64.8 Å². The molecule has 11 heavy (non-hydrogen) atoms. The average Bonchev–Trinajstić information content (AvgIpc) is 2.30. The largest absolute Gasteiger partial charge is 0.382 e. The lowest BCUT2D eigenvalue weighted by molar-refractivity contribution is 0.112. The molecule has 1 aromatic rings. The maximum absolute atomic E-state index is 10.5. The van der Waals surface area contributed by atoms with Crippen molar-refractivity contribution in [1.29, 1.82) is 0 Å². The van der Waals surface area contributed by atoms with Crippen molar-refractivity contribution in [2.24, 2.45) is 0 Å². The molecule has 0 saturated carbocycles. The van der Waals surface area contributed by atoms with Crippen LogP contribution < -0.4 is 5.73 Å². The van der Waals surface area contributed by atoms with Crippen molar-refractivity contribution >= 4 is 12.1 Å². The highest BCUT2D eigenvalue weighted by molar-refractivity contribution is 5.83. The first-order chi connectivity index (χ1) is 5.16. The molecule has 0 aliphatic heterocycles. The Balaban J connectivity index is 3.15. The van der Waals surface area contributed by atoms with Gasteiger partial charge < -0.3 is 5.73 Å². The van der Waals surface area contributed by atoms with Gasteiger partial charge in [-0.2, -0.15) is 5.10 Å². The van der Waals surface area contributed by atoms with E-state index in [0.717, 1.165) is 12.0 Å². The van der Waals surface area contributed by atoms with Crippen LogP contribution in [0.25, 0.3) is 0 Å². The van der Waals surface area contributed by atoms with E-state index in [9.17, 15) is 4.79 Å². The zero-order valence-electron chi connectivity index (χ0n) is 6.59. The van der Waals surface area contributed by atoms with Crippen LogP contribution in [0.4, 0.5) is 5.82 Å². The molecule has 4 heteroatoms. The number of nitrogens with one attached hydrogen (secondary N) is 1. The number of anilines is 1. The summed E-state index contributed by atoms with van der Waals surface area (Å²) in [5, 5.41) is 6.45. The molecule has 0 atom stereocenters. The predicted molar refractivity (Wildman–Crippen MR) is 42.5 cm³/mol. The topological polar surface area (TPSA) is 71.8 Å². The van der Waals surface area contributed by atoms with Crippen molar-refractivity contribution in [3.8, 4) is 0 Å². The molecule has 0 aliphatic carbocycles. The normalized spacial score (nSPS) is 10.5. The highest BCUT2D eigenvalue weighted by Crippen LogP contribution is 2.18. The molecule has 0 saturated heterocycles. The van der Waals surface area contributed by atoms with Gasteiger partial charge in [0.15, 0.2) is 12.1 Å². The van der Waals surface area contributed by atoms with E-state index in [0.29, 0.717) is 5.56 Å². The minimum Gasteiger partial charge on any atom is -0.382 e. The summed E-state index contributed by atoms with van der Waals surface area (Å²) < 4.78 is 0. The first-order valence-electron chi connectivity index (χ1n) is 3.45. The predicted octanol–water partition coefficient (Wildman–Crippen LogP) is 0.928. The van der Waals surface area contributed by atoms with Crippen molar-refractivity contribution in [3.05, 3.63) is 11.3 Å². The second-order valence-electron chi connectivity index (χ2n) is 2.71. The monoisotopic (exact) mass is 153 g/mol. The smallest absolute Gasteiger partial charge is 0.156 e. The van der Waals surface area contributed by atoms with Gasteiger partial charge in [0.1, 0.15) is 0 Å². The van der Waals surface area contributed by atoms with Crippen LogP contribution in [0.15, 0.2) is 0 Å². The molecular formula is C7H11N3O. The lowest BCUT2D eigenvalue weighted by atomic mass is 10.1. The molecule has 0 fully saturated rings. The van der Waals surface area contributed by atoms with Crippen LogP contribution in [0.3, 0.4) is 0 Å². The SMILES string of the molecule is CC(C)c1[nH]nc(N)c1C=O. The molecule has 1 rings (SSSR count). The molecule has 0 bridgehead atoms. The number of aromatic nitrogens is 2. The fourth-order valence-corrected chi connectivity index (χ4v) is 0.943. The summed E-state index contributed by atoms with van der Waals surface area (Å²) >= 11 is 0. The van der Waals surface area contributed by atoms with Crippen molar-refractivity contribution in [1.82, 2.24) is 10.2 Å². The van der Waals surface area contributed by atoms with Gasteiger partial charge >= 0.3 is 0 Å². The first-order valence-corrected chi connectivity index (χ1v) is 3.45. The third-order valence-corrected chi connectivity index (χ3v) is 1.56. The molecule has 0 spiro atoms. The third-order valence-electron chi connectivity index (χ3n) is 1.56. The number of hydrogen-bond acceptors (Lipinski definition) is 3. The number of rotatable bonds is 2. The average molecular weight is 153 g/mol. The molecule has 0 radical (unpaired) electrons. The number of aldehydes is 1. The second-order valence-corrected chi connectivity index (χ2v) is 2.71. The van der Waals surface area contributed by atoms with Gasteiger partial charge in [-0.05, 0) is 5.92 Å². The fraction of sp³-hybridized carbons (Fsp3) is 0.429. The van der Waals surface area contributed by atoms with Crippen molar-refractivity contribution in [2.75, 3.05) is 5.73 Å². The molecule has 0 amide bonds. The van der Waals surface area contributed by atoms with Crippen LogP contribution in [0.1, 0.15) is 35.8 Å². The van der Waals surface area contributed by atoms with Crippen LogP contribution in [-0.2, 0) is 0 Å². The van der Waals surface area contributed by atoms with Gasteiger partial charge in [0.05, 0.1) is 11.3 Å². The lowest BCUT2D eigenvalue weighted by Gasteiger charge is -1.99.